The number of ether oxygens (including phenoxy) is 1. The fourth-order valence-electron chi connectivity index (χ4n) is 1.92. The van der Waals surface area contributed by atoms with E-state index in [9.17, 15) is 9.59 Å². The Morgan fingerprint density at radius 2 is 2.29 bits per heavy atom. The first-order chi connectivity index (χ1) is 10.1. The summed E-state index contributed by atoms with van der Waals surface area (Å²) in [4.78, 5) is 24.4. The first-order valence-electron chi connectivity index (χ1n) is 7.03. The molecule has 0 fully saturated rings. The molecule has 0 aromatic heterocycles. The minimum atomic E-state index is -0.132. The van der Waals surface area contributed by atoms with Crippen molar-refractivity contribution in [2.45, 2.75) is 31.3 Å². The molecule has 0 unspecified atom stereocenters. The third-order valence-electron chi connectivity index (χ3n) is 2.93. The molecule has 0 atom stereocenters. The Labute approximate surface area is 128 Å². The average molecular weight is 308 g/mol. The molecule has 1 aromatic rings. The molecule has 0 bridgehead atoms. The van der Waals surface area contributed by atoms with Crippen LogP contribution in [0.4, 0.5) is 5.69 Å². The lowest BCUT2D eigenvalue weighted by Crippen LogP contribution is -2.26. The molecule has 1 aliphatic heterocycles. The molecule has 2 rings (SSSR count). The third kappa shape index (κ3) is 4.75. The second-order valence-corrected chi connectivity index (χ2v) is 6.09. The lowest BCUT2D eigenvalue weighted by molar-refractivity contribution is -0.113. The maximum absolute atomic E-state index is 12.0. The molecule has 2 N–H and O–H groups in total. The van der Waals surface area contributed by atoms with Crippen LogP contribution in [-0.2, 0) is 9.53 Å². The summed E-state index contributed by atoms with van der Waals surface area (Å²) in [5.41, 5.74) is 1.27. The van der Waals surface area contributed by atoms with Gasteiger partial charge in [0.05, 0.1) is 17.5 Å². The zero-order valence-electron chi connectivity index (χ0n) is 12.3. The van der Waals surface area contributed by atoms with Gasteiger partial charge in [-0.1, -0.05) is 0 Å². The summed E-state index contributed by atoms with van der Waals surface area (Å²) in [6.45, 7) is 5.18. The van der Waals surface area contributed by atoms with Crippen LogP contribution in [0.15, 0.2) is 23.1 Å². The Bertz CT molecular complexity index is 532. The number of rotatable bonds is 6. The smallest absolute Gasteiger partial charge is 0.251 e. The van der Waals surface area contributed by atoms with E-state index in [0.717, 1.165) is 11.3 Å². The van der Waals surface area contributed by atoms with Gasteiger partial charge < -0.3 is 15.4 Å². The second kappa shape index (κ2) is 7.47. The van der Waals surface area contributed by atoms with E-state index >= 15 is 0 Å². The lowest BCUT2D eigenvalue weighted by atomic mass is 10.2. The number of carbonyl (C=O) groups is 2. The van der Waals surface area contributed by atoms with Crippen LogP contribution in [0.25, 0.3) is 0 Å². The number of benzene rings is 1. The van der Waals surface area contributed by atoms with E-state index in [4.69, 9.17) is 4.74 Å². The molecule has 6 heteroatoms. The minimum absolute atomic E-state index is 0.0316. The number of fused-ring (bicyclic) bond motifs is 1. The number of thioether (sulfide) groups is 1. The molecule has 0 saturated heterocycles. The number of hydrogen-bond donors (Lipinski definition) is 2. The summed E-state index contributed by atoms with van der Waals surface area (Å²) in [5.74, 6) is 0.261. The number of hydrogen-bond acceptors (Lipinski definition) is 4. The maximum Gasteiger partial charge on any atom is 0.251 e. The van der Waals surface area contributed by atoms with Crippen LogP contribution in [0, 0.1) is 0 Å². The summed E-state index contributed by atoms with van der Waals surface area (Å²) in [5, 5.41) is 5.64. The zero-order valence-corrected chi connectivity index (χ0v) is 13.1. The van der Waals surface area contributed by atoms with E-state index < -0.39 is 0 Å². The fraction of sp³-hybridized carbons (Fsp3) is 0.467. The highest BCUT2D eigenvalue weighted by molar-refractivity contribution is 8.00. The van der Waals surface area contributed by atoms with Crippen LogP contribution in [-0.4, -0.2) is 36.8 Å². The quantitative estimate of drug-likeness (QED) is 0.791. The van der Waals surface area contributed by atoms with E-state index in [1.165, 1.54) is 11.8 Å². The van der Waals surface area contributed by atoms with Gasteiger partial charge in [-0.25, -0.2) is 0 Å². The van der Waals surface area contributed by atoms with Crippen LogP contribution in [0.5, 0.6) is 0 Å². The van der Waals surface area contributed by atoms with Gasteiger partial charge >= 0.3 is 0 Å². The monoisotopic (exact) mass is 308 g/mol. The van der Waals surface area contributed by atoms with Crippen LogP contribution in [0.3, 0.4) is 0 Å². The van der Waals surface area contributed by atoms with Gasteiger partial charge in [0.15, 0.2) is 0 Å². The Morgan fingerprint density at radius 1 is 1.48 bits per heavy atom. The van der Waals surface area contributed by atoms with Gasteiger partial charge in [-0.3, -0.25) is 9.59 Å². The molecule has 1 aliphatic rings. The topological polar surface area (TPSA) is 67.4 Å². The first kappa shape index (κ1) is 15.9. The molecule has 0 aliphatic carbocycles. The Morgan fingerprint density at radius 3 is 3.05 bits per heavy atom. The molecule has 1 aromatic carbocycles. The van der Waals surface area contributed by atoms with Gasteiger partial charge in [-0.15, -0.1) is 11.8 Å². The van der Waals surface area contributed by atoms with Gasteiger partial charge in [0.25, 0.3) is 5.91 Å². The predicted octanol–water partition coefficient (Wildman–Crippen LogP) is 2.28. The number of anilines is 1. The second-order valence-electron chi connectivity index (χ2n) is 5.08. The van der Waals surface area contributed by atoms with E-state index in [-0.39, 0.29) is 17.9 Å². The van der Waals surface area contributed by atoms with Crippen molar-refractivity contribution in [1.82, 2.24) is 5.32 Å². The van der Waals surface area contributed by atoms with Crippen molar-refractivity contribution in [3.63, 3.8) is 0 Å². The van der Waals surface area contributed by atoms with Crippen molar-refractivity contribution in [2.75, 3.05) is 24.2 Å². The van der Waals surface area contributed by atoms with Gasteiger partial charge in [0.2, 0.25) is 5.91 Å². The highest BCUT2D eigenvalue weighted by Gasteiger charge is 2.17. The Hall–Kier alpha value is -1.53. The lowest BCUT2D eigenvalue weighted by Gasteiger charge is -2.17. The van der Waals surface area contributed by atoms with Crippen molar-refractivity contribution in [1.29, 1.82) is 0 Å². The van der Waals surface area contributed by atoms with Crippen molar-refractivity contribution in [3.05, 3.63) is 23.8 Å². The van der Waals surface area contributed by atoms with E-state index in [2.05, 4.69) is 10.6 Å². The van der Waals surface area contributed by atoms with E-state index in [0.29, 0.717) is 30.2 Å². The average Bonchev–Trinajstić information content (AvgIpc) is 2.45. The van der Waals surface area contributed by atoms with Gasteiger partial charge in [0, 0.05) is 23.6 Å². The van der Waals surface area contributed by atoms with Crippen LogP contribution in [0.2, 0.25) is 0 Å². The SMILES string of the molecule is CC(C)OCCCNC(=O)c1ccc2c(c1)NC(=O)CS2. The minimum Gasteiger partial charge on any atom is -0.379 e. The number of carbonyl (C=O) groups excluding carboxylic acids is 2. The molecule has 0 spiro atoms. The number of nitrogens with one attached hydrogen (secondary N) is 2. The maximum atomic E-state index is 12.0. The van der Waals surface area contributed by atoms with Gasteiger partial charge in [0.1, 0.15) is 0 Å². The molecule has 1 heterocycles. The molecular formula is C15H20N2O3S. The van der Waals surface area contributed by atoms with Crippen molar-refractivity contribution < 1.29 is 14.3 Å². The van der Waals surface area contributed by atoms with Crippen molar-refractivity contribution in [3.8, 4) is 0 Å². The normalized spacial score (nSPS) is 13.8. The highest BCUT2D eigenvalue weighted by atomic mass is 32.2. The summed E-state index contributed by atoms with van der Waals surface area (Å²) in [6.07, 6.45) is 0.990. The molecule has 0 radical (unpaired) electrons. The molecular weight excluding hydrogens is 288 g/mol. The van der Waals surface area contributed by atoms with Crippen LogP contribution < -0.4 is 10.6 Å². The largest absolute Gasteiger partial charge is 0.379 e. The summed E-state index contributed by atoms with van der Waals surface area (Å²) < 4.78 is 5.41. The third-order valence-corrected chi connectivity index (χ3v) is 4.01. The van der Waals surface area contributed by atoms with Gasteiger partial charge in [-0.05, 0) is 38.5 Å². The molecule has 114 valence electrons. The summed E-state index contributed by atoms with van der Waals surface area (Å²) in [7, 11) is 0. The Kier molecular flexibility index (Phi) is 5.64. The Balaban J connectivity index is 1.85. The van der Waals surface area contributed by atoms with Gasteiger partial charge in [-0.2, -0.15) is 0 Å². The molecule has 0 saturated carbocycles. The van der Waals surface area contributed by atoms with E-state index in [1.807, 2.05) is 19.9 Å². The fourth-order valence-corrected chi connectivity index (χ4v) is 2.71. The summed E-state index contributed by atoms with van der Waals surface area (Å²) >= 11 is 1.48. The van der Waals surface area contributed by atoms with Crippen molar-refractivity contribution >= 4 is 29.3 Å². The number of amides is 2. The molecule has 2 amide bonds. The molecule has 21 heavy (non-hydrogen) atoms. The van der Waals surface area contributed by atoms with Crippen molar-refractivity contribution in [2.24, 2.45) is 0 Å². The van der Waals surface area contributed by atoms with Crippen LogP contribution >= 0.6 is 11.8 Å². The van der Waals surface area contributed by atoms with E-state index in [1.54, 1.807) is 12.1 Å². The first-order valence-corrected chi connectivity index (χ1v) is 8.01. The standard InChI is InChI=1S/C15H20N2O3S/c1-10(2)20-7-3-6-16-15(19)11-4-5-13-12(8-11)17-14(18)9-21-13/h4-5,8,10H,3,6-7,9H2,1-2H3,(H,16,19)(H,17,18). The highest BCUT2D eigenvalue weighted by Crippen LogP contribution is 2.31. The van der Waals surface area contributed by atoms with Crippen LogP contribution in [0.1, 0.15) is 30.6 Å². The summed E-state index contributed by atoms with van der Waals surface area (Å²) in [6, 6.07) is 5.37. The zero-order chi connectivity index (χ0) is 15.2. The molecule has 5 nitrogen and oxygen atoms in total. The predicted molar refractivity (Wildman–Crippen MR) is 83.8 cm³/mol.